The highest BCUT2D eigenvalue weighted by atomic mass is 16.5. The number of amides is 1. The molecule has 0 unspecified atom stereocenters. The van der Waals surface area contributed by atoms with Gasteiger partial charge < -0.3 is 14.6 Å². The van der Waals surface area contributed by atoms with Gasteiger partial charge in [-0.15, -0.1) is 0 Å². The first-order valence-electron chi connectivity index (χ1n) is 8.12. The highest BCUT2D eigenvalue weighted by molar-refractivity contribution is 5.93. The van der Waals surface area contributed by atoms with E-state index in [9.17, 15) is 9.59 Å². The second kappa shape index (κ2) is 8.29. The van der Waals surface area contributed by atoms with Crippen LogP contribution in [-0.4, -0.2) is 40.5 Å². The van der Waals surface area contributed by atoms with Gasteiger partial charge in [-0.1, -0.05) is 19.1 Å². The molecule has 0 aliphatic rings. The Morgan fingerprint density at radius 2 is 2.12 bits per heavy atom. The van der Waals surface area contributed by atoms with Gasteiger partial charge in [-0.05, 0) is 38.0 Å². The van der Waals surface area contributed by atoms with E-state index in [2.05, 4.69) is 16.9 Å². The van der Waals surface area contributed by atoms with Crippen LogP contribution in [0, 0.1) is 6.92 Å². The maximum Gasteiger partial charge on any atom is 0.263 e. The second-order valence-corrected chi connectivity index (χ2v) is 5.45. The van der Waals surface area contributed by atoms with Crippen molar-refractivity contribution in [2.24, 2.45) is 0 Å². The van der Waals surface area contributed by atoms with Gasteiger partial charge in [-0.2, -0.15) is 0 Å². The van der Waals surface area contributed by atoms with E-state index in [4.69, 9.17) is 4.74 Å². The van der Waals surface area contributed by atoms with Crippen LogP contribution in [0.25, 0.3) is 0 Å². The van der Waals surface area contributed by atoms with Crippen molar-refractivity contribution < 1.29 is 9.53 Å². The van der Waals surface area contributed by atoms with Crippen LogP contribution in [0.15, 0.2) is 35.3 Å². The summed E-state index contributed by atoms with van der Waals surface area (Å²) < 4.78 is 5.72. The summed E-state index contributed by atoms with van der Waals surface area (Å²) in [5, 5.41) is 0. The predicted molar refractivity (Wildman–Crippen MR) is 92.5 cm³/mol. The van der Waals surface area contributed by atoms with E-state index in [1.54, 1.807) is 11.8 Å². The second-order valence-electron chi connectivity index (χ2n) is 5.45. The fourth-order valence-corrected chi connectivity index (χ4v) is 2.34. The Balaban J connectivity index is 1.98. The normalized spacial score (nSPS) is 10.5. The van der Waals surface area contributed by atoms with Crippen molar-refractivity contribution in [3.05, 3.63) is 57.8 Å². The van der Waals surface area contributed by atoms with Crippen LogP contribution in [0.2, 0.25) is 0 Å². The third-order valence-corrected chi connectivity index (χ3v) is 3.76. The van der Waals surface area contributed by atoms with E-state index < -0.39 is 5.56 Å². The molecule has 1 aromatic heterocycles. The van der Waals surface area contributed by atoms with Crippen LogP contribution >= 0.6 is 0 Å². The molecule has 6 heteroatoms. The first kappa shape index (κ1) is 17.7. The average Bonchev–Trinajstić information content (AvgIpc) is 2.58. The van der Waals surface area contributed by atoms with Gasteiger partial charge in [0.1, 0.15) is 23.7 Å². The third kappa shape index (κ3) is 4.44. The number of H-pyrrole nitrogens is 1. The molecule has 128 valence electrons. The Kier molecular flexibility index (Phi) is 6.12. The molecule has 24 heavy (non-hydrogen) atoms. The number of rotatable bonds is 7. The van der Waals surface area contributed by atoms with Crippen molar-refractivity contribution in [3.63, 3.8) is 0 Å². The maximum absolute atomic E-state index is 12.5. The summed E-state index contributed by atoms with van der Waals surface area (Å²) in [7, 11) is 0. The van der Waals surface area contributed by atoms with E-state index >= 15 is 0 Å². The molecule has 0 radical (unpaired) electrons. The van der Waals surface area contributed by atoms with Crippen LogP contribution in [0.3, 0.4) is 0 Å². The van der Waals surface area contributed by atoms with Gasteiger partial charge >= 0.3 is 0 Å². The topological polar surface area (TPSA) is 75.3 Å². The Morgan fingerprint density at radius 1 is 1.33 bits per heavy atom. The Hall–Kier alpha value is -2.63. The first-order chi connectivity index (χ1) is 11.5. The molecule has 0 saturated heterocycles. The van der Waals surface area contributed by atoms with E-state index in [-0.39, 0.29) is 11.5 Å². The zero-order chi connectivity index (χ0) is 17.5. The lowest BCUT2D eigenvalue weighted by atomic mass is 10.2. The smallest absolute Gasteiger partial charge is 0.263 e. The van der Waals surface area contributed by atoms with Crippen molar-refractivity contribution in [3.8, 4) is 5.75 Å². The van der Waals surface area contributed by atoms with E-state index in [1.807, 2.05) is 31.2 Å². The van der Waals surface area contributed by atoms with E-state index in [0.717, 1.165) is 12.2 Å². The molecule has 0 fully saturated rings. The molecule has 0 spiro atoms. The Morgan fingerprint density at radius 3 is 2.79 bits per heavy atom. The zero-order valence-corrected chi connectivity index (χ0v) is 14.3. The van der Waals surface area contributed by atoms with Crippen molar-refractivity contribution in [2.45, 2.75) is 27.2 Å². The molecule has 2 aromatic rings. The standard InChI is InChI=1S/C18H23N3O3/c1-4-14-7-6-8-15(11-14)24-10-9-21(5-2)18(23)16-12-19-13(3)20-17(16)22/h6-8,11-12H,4-5,9-10H2,1-3H3,(H,19,20,22). The minimum atomic E-state index is -0.414. The third-order valence-electron chi connectivity index (χ3n) is 3.76. The zero-order valence-electron chi connectivity index (χ0n) is 14.3. The molecule has 0 aliphatic carbocycles. The summed E-state index contributed by atoms with van der Waals surface area (Å²) in [4.78, 5) is 32.5. The van der Waals surface area contributed by atoms with Gasteiger partial charge in [0.05, 0.1) is 6.54 Å². The number of aromatic nitrogens is 2. The van der Waals surface area contributed by atoms with Crippen LogP contribution in [-0.2, 0) is 6.42 Å². The Labute approximate surface area is 141 Å². The van der Waals surface area contributed by atoms with Crippen LogP contribution in [0.1, 0.15) is 35.6 Å². The number of hydrogen-bond donors (Lipinski definition) is 1. The number of benzene rings is 1. The molecule has 1 N–H and O–H groups in total. The minimum Gasteiger partial charge on any atom is -0.492 e. The summed E-state index contributed by atoms with van der Waals surface area (Å²) >= 11 is 0. The fourth-order valence-electron chi connectivity index (χ4n) is 2.34. The summed E-state index contributed by atoms with van der Waals surface area (Å²) in [6.45, 7) is 6.88. The molecular weight excluding hydrogens is 306 g/mol. The molecule has 0 atom stereocenters. The van der Waals surface area contributed by atoms with Gasteiger partial charge in [-0.25, -0.2) is 4.98 Å². The lowest BCUT2D eigenvalue weighted by molar-refractivity contribution is 0.0737. The highest BCUT2D eigenvalue weighted by Crippen LogP contribution is 2.13. The number of aryl methyl sites for hydroxylation is 2. The van der Waals surface area contributed by atoms with Crippen molar-refractivity contribution in [1.29, 1.82) is 0 Å². The van der Waals surface area contributed by atoms with Crippen LogP contribution in [0.5, 0.6) is 5.75 Å². The number of carbonyl (C=O) groups excluding carboxylic acids is 1. The molecule has 2 rings (SSSR count). The largest absolute Gasteiger partial charge is 0.492 e. The molecule has 1 amide bonds. The molecule has 0 aliphatic heterocycles. The number of likely N-dealkylation sites (N-methyl/N-ethyl adjacent to an activating group) is 1. The quantitative estimate of drug-likeness (QED) is 0.845. The summed E-state index contributed by atoms with van der Waals surface area (Å²) in [5.41, 5.74) is 0.839. The van der Waals surface area contributed by atoms with Gasteiger partial charge in [0.25, 0.3) is 11.5 Å². The average molecular weight is 329 g/mol. The fraction of sp³-hybridized carbons (Fsp3) is 0.389. The van der Waals surface area contributed by atoms with E-state index in [0.29, 0.717) is 25.5 Å². The molecular formula is C18H23N3O3. The first-order valence-corrected chi connectivity index (χ1v) is 8.12. The number of carbonyl (C=O) groups is 1. The maximum atomic E-state index is 12.5. The summed E-state index contributed by atoms with van der Waals surface area (Å²) in [6, 6.07) is 7.89. The van der Waals surface area contributed by atoms with Crippen LogP contribution in [0.4, 0.5) is 0 Å². The Bertz CT molecular complexity index is 755. The number of ether oxygens (including phenoxy) is 1. The lowest BCUT2D eigenvalue weighted by Gasteiger charge is -2.20. The lowest BCUT2D eigenvalue weighted by Crippen LogP contribution is -2.37. The molecule has 1 aromatic carbocycles. The number of nitrogens with zero attached hydrogens (tertiary/aromatic N) is 2. The predicted octanol–water partition coefficient (Wildman–Crippen LogP) is 2.18. The van der Waals surface area contributed by atoms with Gasteiger partial charge in [0.2, 0.25) is 0 Å². The van der Waals surface area contributed by atoms with Crippen molar-refractivity contribution in [1.82, 2.24) is 14.9 Å². The summed E-state index contributed by atoms with van der Waals surface area (Å²) in [5.74, 6) is 0.934. The molecule has 1 heterocycles. The van der Waals surface area contributed by atoms with Gasteiger partial charge in [-0.3, -0.25) is 9.59 Å². The highest BCUT2D eigenvalue weighted by Gasteiger charge is 2.18. The monoisotopic (exact) mass is 329 g/mol. The van der Waals surface area contributed by atoms with E-state index in [1.165, 1.54) is 11.8 Å². The molecule has 6 nitrogen and oxygen atoms in total. The van der Waals surface area contributed by atoms with Crippen molar-refractivity contribution in [2.75, 3.05) is 19.7 Å². The number of hydrogen-bond acceptors (Lipinski definition) is 4. The summed E-state index contributed by atoms with van der Waals surface area (Å²) in [6.07, 6.45) is 2.27. The van der Waals surface area contributed by atoms with Gasteiger partial charge in [0, 0.05) is 12.7 Å². The minimum absolute atomic E-state index is 0.0513. The number of aromatic amines is 1. The molecule has 0 bridgehead atoms. The van der Waals surface area contributed by atoms with Crippen LogP contribution < -0.4 is 10.3 Å². The van der Waals surface area contributed by atoms with Gasteiger partial charge in [0.15, 0.2) is 0 Å². The van der Waals surface area contributed by atoms with Crippen molar-refractivity contribution >= 4 is 5.91 Å². The SMILES string of the molecule is CCc1cccc(OCCN(CC)C(=O)c2cnc(C)[nH]c2=O)c1. The molecule has 0 saturated carbocycles. The number of nitrogens with one attached hydrogen (secondary N) is 1.